The first-order valence-electron chi connectivity index (χ1n) is 28.0. The fraction of sp³-hybridized carbons (Fsp3) is 0.932. The molecule has 4 atom stereocenters. The maximum absolute atomic E-state index is 14.0. The molecule has 0 aromatic rings. The molecule has 0 amide bonds. The Labute approximate surface area is 424 Å². The highest BCUT2D eigenvalue weighted by Gasteiger charge is 2.42. The van der Waals surface area contributed by atoms with Crippen LogP contribution in [0.15, 0.2) is 24.8 Å². The third-order valence-electron chi connectivity index (χ3n) is 19.6. The predicted molar refractivity (Wildman–Crippen MR) is 292 cm³/mol. The van der Waals surface area contributed by atoms with E-state index in [-0.39, 0.29) is 55.6 Å². The van der Waals surface area contributed by atoms with Crippen molar-refractivity contribution in [3.8, 4) is 0 Å². The molecule has 69 heavy (non-hydrogen) atoms. The third kappa shape index (κ3) is 24.7. The molecule has 8 nitrogen and oxygen atoms in total. The molecular weight excluding hydrogens is 875 g/mol. The van der Waals surface area contributed by atoms with Crippen LogP contribution < -0.4 is 0 Å². The van der Waals surface area contributed by atoms with Crippen LogP contribution in [0.1, 0.15) is 241 Å². The first-order valence-corrected chi connectivity index (χ1v) is 28.0. The van der Waals surface area contributed by atoms with E-state index in [9.17, 15) is 8.78 Å². The number of alkyl halides is 2. The first kappa shape index (κ1) is 74.5. The van der Waals surface area contributed by atoms with Gasteiger partial charge in [0.05, 0.1) is 0 Å². The Morgan fingerprint density at radius 3 is 0.812 bits per heavy atom. The van der Waals surface area contributed by atoms with Gasteiger partial charge in [0.1, 0.15) is 12.3 Å². The summed E-state index contributed by atoms with van der Waals surface area (Å²) in [5.41, 5.74) is 0. The lowest BCUT2D eigenvalue weighted by Gasteiger charge is -2.40. The molecule has 8 aliphatic rings. The summed E-state index contributed by atoms with van der Waals surface area (Å²) in [4.78, 5) is 0. The van der Waals surface area contributed by atoms with E-state index in [2.05, 4.69) is 66.3 Å². The molecular formula is C59H120F2O8. The lowest BCUT2D eigenvalue weighted by Crippen LogP contribution is -2.41. The van der Waals surface area contributed by atoms with Crippen LogP contribution in [0.5, 0.6) is 0 Å². The zero-order chi connectivity index (χ0) is 43.7. The van der Waals surface area contributed by atoms with Gasteiger partial charge in [0.25, 0.3) is 0 Å². The molecule has 16 N–H and O–H groups in total. The molecule has 8 saturated carbocycles. The molecule has 0 aliphatic heterocycles. The SMILES string of the molecule is C/C=C/C1CCC(C2CCC(C)CC2)CC1.C=CC1CCC(C2CCC(C)CC2)CC1.CC1CCC(C2CCC(C)C(F)C2F)CC1.CC1CCC(C2CCC(C)CC2)CC1.O.O.O.O.O.O.O.O. The van der Waals surface area contributed by atoms with Crippen LogP contribution in [0.4, 0.5) is 8.78 Å². The fourth-order valence-corrected chi connectivity index (χ4v) is 14.5. The first-order chi connectivity index (χ1) is 29.4. The van der Waals surface area contributed by atoms with E-state index < -0.39 is 12.3 Å². The molecule has 10 heteroatoms. The van der Waals surface area contributed by atoms with Crippen molar-refractivity contribution in [2.45, 2.75) is 253 Å². The largest absolute Gasteiger partial charge is 0.412 e. The second kappa shape index (κ2) is 39.5. The zero-order valence-electron chi connectivity index (χ0n) is 45.8. The van der Waals surface area contributed by atoms with Gasteiger partial charge in [-0.15, -0.1) is 6.58 Å². The van der Waals surface area contributed by atoms with Crippen LogP contribution in [0.3, 0.4) is 0 Å². The van der Waals surface area contributed by atoms with E-state index in [1.165, 1.54) is 141 Å². The number of hydrogen-bond donors (Lipinski definition) is 0. The Bertz CT molecular complexity index is 1170. The quantitative estimate of drug-likeness (QED) is 0.225. The van der Waals surface area contributed by atoms with Crippen molar-refractivity contribution < 1.29 is 52.6 Å². The van der Waals surface area contributed by atoms with Crippen molar-refractivity contribution in [2.75, 3.05) is 0 Å². The van der Waals surface area contributed by atoms with Crippen molar-refractivity contribution in [1.29, 1.82) is 0 Å². The average Bonchev–Trinajstić information content (AvgIpc) is 3.28. The third-order valence-corrected chi connectivity index (χ3v) is 19.6. The van der Waals surface area contributed by atoms with Crippen LogP contribution in [0.2, 0.25) is 0 Å². The minimum absolute atomic E-state index is 0. The van der Waals surface area contributed by atoms with Gasteiger partial charge < -0.3 is 43.8 Å². The molecule has 8 rings (SSSR count). The molecule has 4 unspecified atom stereocenters. The maximum atomic E-state index is 14.0. The Hall–Kier alpha value is -0.980. The summed E-state index contributed by atoms with van der Waals surface area (Å²) in [7, 11) is 0. The average molecular weight is 996 g/mol. The van der Waals surface area contributed by atoms with Crippen LogP contribution in [-0.2, 0) is 0 Å². The summed E-state index contributed by atoms with van der Waals surface area (Å²) >= 11 is 0. The Morgan fingerprint density at radius 2 is 0.551 bits per heavy atom. The highest BCUT2D eigenvalue weighted by molar-refractivity contribution is 4.92. The standard InChI is InChI=1S/C16H28.C15H26.C14H24F2.C14H26.8H2O/c1-3-4-14-7-11-16(12-8-14)15-9-5-13(2)6-10-15;1-3-13-6-10-15(11-7-13)14-8-4-12(2)5-9-14;1-9-3-6-11(7-4-9)12-8-5-10(2)13(15)14(12)16;1-11-3-7-13(8-4-11)14-9-5-12(2)6-10-14;;;;;;;;/h3-4,13-16H,5-12H2,1-2H3;3,12-15H,1,4-11H2,2H3;9-14H,3-8H2,1-2H3;11-14H,3-10H2,1-2H3;8*1H2/b4-3+;;;;;;;;;;;. The van der Waals surface area contributed by atoms with Crippen LogP contribution in [-0.4, -0.2) is 56.2 Å². The molecule has 418 valence electrons. The molecule has 8 aliphatic carbocycles. The normalized spacial score (nSPS) is 39.6. The minimum atomic E-state index is -1.21. The molecule has 0 radical (unpaired) electrons. The van der Waals surface area contributed by atoms with Gasteiger partial charge in [-0.3, -0.25) is 0 Å². The zero-order valence-corrected chi connectivity index (χ0v) is 45.8. The van der Waals surface area contributed by atoms with Crippen molar-refractivity contribution >= 4 is 0 Å². The molecule has 0 aromatic heterocycles. The Kier molecular flexibility index (Phi) is 42.7. The van der Waals surface area contributed by atoms with Gasteiger partial charge >= 0.3 is 0 Å². The van der Waals surface area contributed by atoms with Gasteiger partial charge in [-0.25, -0.2) is 8.78 Å². The minimum Gasteiger partial charge on any atom is -0.412 e. The van der Waals surface area contributed by atoms with E-state index in [1.54, 1.807) is 25.7 Å². The summed E-state index contributed by atoms with van der Waals surface area (Å²) < 4.78 is 27.7. The van der Waals surface area contributed by atoms with Gasteiger partial charge in [-0.1, -0.05) is 124 Å². The van der Waals surface area contributed by atoms with Gasteiger partial charge in [0, 0.05) is 0 Å². The van der Waals surface area contributed by atoms with E-state index >= 15 is 0 Å². The lowest BCUT2D eigenvalue weighted by molar-refractivity contribution is -0.00577. The van der Waals surface area contributed by atoms with E-state index in [4.69, 9.17) is 0 Å². The molecule has 0 aromatic carbocycles. The lowest BCUT2D eigenvalue weighted by atomic mass is 9.68. The van der Waals surface area contributed by atoms with Crippen LogP contribution in [0.25, 0.3) is 0 Å². The van der Waals surface area contributed by atoms with E-state index in [1.807, 2.05) is 6.92 Å². The molecule has 0 saturated heterocycles. The molecule has 0 heterocycles. The number of hydrogen-bond acceptors (Lipinski definition) is 0. The van der Waals surface area contributed by atoms with Gasteiger partial charge in [-0.2, -0.15) is 0 Å². The second-order valence-electron chi connectivity index (χ2n) is 24.3. The molecule has 0 bridgehead atoms. The van der Waals surface area contributed by atoms with Crippen molar-refractivity contribution in [1.82, 2.24) is 0 Å². The summed E-state index contributed by atoms with van der Waals surface area (Å²) in [6, 6.07) is 0. The fourth-order valence-electron chi connectivity index (χ4n) is 14.5. The van der Waals surface area contributed by atoms with Crippen molar-refractivity contribution in [2.24, 2.45) is 94.7 Å². The number of rotatable bonds is 6. The monoisotopic (exact) mass is 995 g/mol. The van der Waals surface area contributed by atoms with Crippen molar-refractivity contribution in [3.63, 3.8) is 0 Å². The Morgan fingerprint density at radius 1 is 0.304 bits per heavy atom. The topological polar surface area (TPSA) is 252 Å². The van der Waals surface area contributed by atoms with Crippen LogP contribution in [0, 0.1) is 94.7 Å². The summed E-state index contributed by atoms with van der Waals surface area (Å²) in [5.74, 6) is 13.5. The maximum Gasteiger partial charge on any atom is 0.134 e. The smallest absolute Gasteiger partial charge is 0.134 e. The van der Waals surface area contributed by atoms with Gasteiger partial charge in [0.15, 0.2) is 0 Å². The van der Waals surface area contributed by atoms with Gasteiger partial charge in [-0.05, 0) is 230 Å². The summed E-state index contributed by atoms with van der Waals surface area (Å²) in [6.07, 6.45) is 46.9. The molecule has 0 spiro atoms. The van der Waals surface area contributed by atoms with Gasteiger partial charge in [0.2, 0.25) is 0 Å². The number of halogens is 2. The molecule has 8 fully saturated rings. The van der Waals surface area contributed by atoms with Crippen LogP contribution >= 0.6 is 0 Å². The predicted octanol–water partition coefficient (Wildman–Crippen LogP) is 12.6. The second-order valence-corrected chi connectivity index (χ2v) is 24.3. The summed E-state index contributed by atoms with van der Waals surface area (Å²) in [5, 5.41) is 0. The Balaban J connectivity index is -0.000000393. The number of allylic oxidation sites excluding steroid dienone is 3. The highest BCUT2D eigenvalue weighted by Crippen LogP contribution is 2.45. The summed E-state index contributed by atoms with van der Waals surface area (Å²) in [6.45, 7) is 19.9. The van der Waals surface area contributed by atoms with E-state index in [0.717, 1.165) is 103 Å². The van der Waals surface area contributed by atoms with Crippen molar-refractivity contribution in [3.05, 3.63) is 24.8 Å². The van der Waals surface area contributed by atoms with E-state index in [0.29, 0.717) is 5.92 Å². The highest BCUT2D eigenvalue weighted by atomic mass is 19.2.